The molecule has 2 N–H and O–H groups in total. The fourth-order valence-corrected chi connectivity index (χ4v) is 4.43. The molecular weight excluding hydrogens is 398 g/mol. The van der Waals surface area contributed by atoms with E-state index < -0.39 is 11.8 Å². The summed E-state index contributed by atoms with van der Waals surface area (Å²) < 4.78 is 10.7. The molecule has 0 saturated carbocycles. The molecular formula is C23H21N3O5. The molecule has 1 atom stereocenters. The molecule has 4 aromatic rings. The van der Waals surface area contributed by atoms with Crippen LogP contribution in [-0.4, -0.2) is 30.5 Å². The molecule has 0 aliphatic carbocycles. The van der Waals surface area contributed by atoms with Gasteiger partial charge in [-0.1, -0.05) is 36.4 Å². The minimum atomic E-state index is -0.627. The zero-order valence-electron chi connectivity index (χ0n) is 17.1. The summed E-state index contributed by atoms with van der Waals surface area (Å²) in [5.41, 5.74) is 2.59. The largest absolute Gasteiger partial charge is 0.504 e. The van der Waals surface area contributed by atoms with Crippen molar-refractivity contribution < 1.29 is 14.9 Å². The van der Waals surface area contributed by atoms with Crippen molar-refractivity contribution in [3.05, 3.63) is 80.6 Å². The Labute approximate surface area is 176 Å². The van der Waals surface area contributed by atoms with Crippen LogP contribution in [0.2, 0.25) is 0 Å². The van der Waals surface area contributed by atoms with Crippen molar-refractivity contribution in [2.24, 2.45) is 14.1 Å². The summed E-state index contributed by atoms with van der Waals surface area (Å²) in [5, 5.41) is 20.2. The number of phenolic OH excluding ortho intramolecular Hbond substituents is 2. The summed E-state index contributed by atoms with van der Waals surface area (Å²) in [6.45, 7) is 0.889. The van der Waals surface area contributed by atoms with Crippen LogP contribution in [0.25, 0.3) is 22.2 Å². The summed E-state index contributed by atoms with van der Waals surface area (Å²) in [7, 11) is 3.11. The van der Waals surface area contributed by atoms with E-state index in [-0.39, 0.29) is 17.1 Å². The highest BCUT2D eigenvalue weighted by atomic mass is 16.5. The van der Waals surface area contributed by atoms with Crippen LogP contribution in [0.3, 0.4) is 0 Å². The maximum atomic E-state index is 13.3. The Kier molecular flexibility index (Phi) is 4.26. The van der Waals surface area contributed by atoms with E-state index >= 15 is 0 Å². The number of aromatic nitrogens is 3. The lowest BCUT2D eigenvalue weighted by Gasteiger charge is -2.28. The van der Waals surface area contributed by atoms with Crippen LogP contribution >= 0.6 is 0 Å². The average molecular weight is 419 g/mol. The molecule has 5 rings (SSSR count). The molecule has 0 radical (unpaired) electrons. The molecule has 8 nitrogen and oxygen atoms in total. The Morgan fingerprint density at radius 3 is 2.42 bits per heavy atom. The smallest absolute Gasteiger partial charge is 0.331 e. The predicted molar refractivity (Wildman–Crippen MR) is 115 cm³/mol. The van der Waals surface area contributed by atoms with Crippen molar-refractivity contribution >= 4 is 10.9 Å². The molecule has 2 aromatic heterocycles. The second-order valence-corrected chi connectivity index (χ2v) is 7.68. The van der Waals surface area contributed by atoms with Gasteiger partial charge in [0.1, 0.15) is 6.10 Å². The molecule has 1 aliphatic heterocycles. The van der Waals surface area contributed by atoms with Crippen LogP contribution in [0, 0.1) is 0 Å². The van der Waals surface area contributed by atoms with Gasteiger partial charge in [0.25, 0.3) is 5.56 Å². The van der Waals surface area contributed by atoms with Gasteiger partial charge in [-0.15, -0.1) is 0 Å². The van der Waals surface area contributed by atoms with Crippen LogP contribution in [0.1, 0.15) is 17.4 Å². The van der Waals surface area contributed by atoms with Gasteiger partial charge in [0.05, 0.1) is 28.9 Å². The Hall–Kier alpha value is -3.78. The molecule has 0 bridgehead atoms. The first-order chi connectivity index (χ1) is 14.9. The first-order valence-corrected chi connectivity index (χ1v) is 9.91. The van der Waals surface area contributed by atoms with Gasteiger partial charge < -0.3 is 19.5 Å². The standard InChI is InChI=1S/C23H21N3O5/c1-24-19-17(22(29)25(2)23(24)30)18(13-6-4-3-5-7-13)26-10-11-31-21(20(19)26)14-8-9-15(27)16(28)12-14/h3-9,12,21,27-28H,10-11H2,1-2H3/t21-/m0/s1. The molecule has 0 amide bonds. The third-order valence-electron chi connectivity index (χ3n) is 5.90. The van der Waals surface area contributed by atoms with Gasteiger partial charge in [-0.3, -0.25) is 13.9 Å². The zero-order valence-corrected chi connectivity index (χ0v) is 17.1. The van der Waals surface area contributed by atoms with Crippen LogP contribution in [-0.2, 0) is 25.4 Å². The number of aryl methyl sites for hydroxylation is 1. The molecule has 2 aromatic carbocycles. The minimum absolute atomic E-state index is 0.231. The van der Waals surface area contributed by atoms with Gasteiger partial charge in [-0.05, 0) is 23.3 Å². The second kappa shape index (κ2) is 6.88. The van der Waals surface area contributed by atoms with E-state index in [4.69, 9.17) is 4.74 Å². The number of phenols is 2. The molecule has 0 fully saturated rings. The van der Waals surface area contributed by atoms with E-state index in [0.717, 1.165) is 15.8 Å². The maximum Gasteiger partial charge on any atom is 0.331 e. The van der Waals surface area contributed by atoms with Crippen LogP contribution < -0.4 is 11.2 Å². The number of hydrogen-bond donors (Lipinski definition) is 2. The molecule has 158 valence electrons. The molecule has 0 unspecified atom stereocenters. The zero-order chi connectivity index (χ0) is 21.9. The average Bonchev–Trinajstić information content (AvgIpc) is 3.14. The second-order valence-electron chi connectivity index (χ2n) is 7.68. The van der Waals surface area contributed by atoms with Gasteiger partial charge in [-0.25, -0.2) is 4.79 Å². The Bertz CT molecular complexity index is 1450. The predicted octanol–water partition coefficient (Wildman–Crippen LogP) is 2.24. The quantitative estimate of drug-likeness (QED) is 0.486. The van der Waals surface area contributed by atoms with E-state index in [1.54, 1.807) is 13.1 Å². The summed E-state index contributed by atoms with van der Waals surface area (Å²) in [6.07, 6.45) is -0.627. The molecule has 31 heavy (non-hydrogen) atoms. The van der Waals surface area contributed by atoms with E-state index in [9.17, 15) is 19.8 Å². The minimum Gasteiger partial charge on any atom is -0.504 e. The van der Waals surface area contributed by atoms with Gasteiger partial charge in [-0.2, -0.15) is 0 Å². The summed E-state index contributed by atoms with van der Waals surface area (Å²) in [4.78, 5) is 26.1. The van der Waals surface area contributed by atoms with Crippen molar-refractivity contribution in [2.45, 2.75) is 12.6 Å². The van der Waals surface area contributed by atoms with Crippen LogP contribution in [0.4, 0.5) is 0 Å². The van der Waals surface area contributed by atoms with Crippen LogP contribution in [0.5, 0.6) is 11.5 Å². The number of ether oxygens (including phenoxy) is 1. The highest BCUT2D eigenvalue weighted by Gasteiger charge is 2.33. The van der Waals surface area contributed by atoms with Gasteiger partial charge in [0, 0.05) is 20.6 Å². The number of hydrogen-bond acceptors (Lipinski definition) is 5. The first kappa shape index (κ1) is 19.2. The van der Waals surface area contributed by atoms with Crippen molar-refractivity contribution in [1.29, 1.82) is 0 Å². The number of nitrogens with zero attached hydrogens (tertiary/aromatic N) is 3. The third-order valence-corrected chi connectivity index (χ3v) is 5.90. The third kappa shape index (κ3) is 2.72. The van der Waals surface area contributed by atoms with Crippen molar-refractivity contribution in [1.82, 2.24) is 13.7 Å². The number of benzene rings is 2. The van der Waals surface area contributed by atoms with Gasteiger partial charge in [0.15, 0.2) is 11.5 Å². The Morgan fingerprint density at radius 1 is 0.968 bits per heavy atom. The first-order valence-electron chi connectivity index (χ1n) is 9.91. The highest BCUT2D eigenvalue weighted by molar-refractivity contribution is 5.96. The molecule has 3 heterocycles. The molecule has 0 spiro atoms. The van der Waals surface area contributed by atoms with E-state index in [1.165, 1.54) is 23.7 Å². The van der Waals surface area contributed by atoms with Crippen molar-refractivity contribution in [2.75, 3.05) is 6.61 Å². The SMILES string of the molecule is Cn1c(=O)c2c(-c3ccccc3)n3c(c2n(C)c1=O)[C@H](c1ccc(O)c(O)c1)OCC3. The Morgan fingerprint density at radius 2 is 1.71 bits per heavy atom. The lowest BCUT2D eigenvalue weighted by molar-refractivity contribution is 0.0477. The van der Waals surface area contributed by atoms with Crippen molar-refractivity contribution in [3.63, 3.8) is 0 Å². The lowest BCUT2D eigenvalue weighted by atomic mass is 10.0. The maximum absolute atomic E-state index is 13.3. The number of aromatic hydroxyl groups is 2. The summed E-state index contributed by atoms with van der Waals surface area (Å²) >= 11 is 0. The van der Waals surface area contributed by atoms with E-state index in [1.807, 2.05) is 34.9 Å². The lowest BCUT2D eigenvalue weighted by Crippen LogP contribution is -2.37. The fraction of sp³-hybridized carbons (Fsp3) is 0.217. The molecule has 8 heteroatoms. The van der Waals surface area contributed by atoms with Crippen LogP contribution in [0.15, 0.2) is 58.1 Å². The topological polar surface area (TPSA) is 98.6 Å². The summed E-state index contributed by atoms with van der Waals surface area (Å²) in [6, 6.07) is 14.1. The normalized spacial score (nSPS) is 15.9. The van der Waals surface area contributed by atoms with E-state index in [2.05, 4.69) is 0 Å². The summed E-state index contributed by atoms with van der Waals surface area (Å²) in [5.74, 6) is -0.492. The Balaban J connectivity index is 1.94. The monoisotopic (exact) mass is 419 g/mol. The molecule has 1 aliphatic rings. The fourth-order valence-electron chi connectivity index (χ4n) is 4.43. The number of rotatable bonds is 2. The van der Waals surface area contributed by atoms with Gasteiger partial charge >= 0.3 is 5.69 Å². The highest BCUT2D eigenvalue weighted by Crippen LogP contribution is 2.41. The van der Waals surface area contributed by atoms with Gasteiger partial charge in [0.2, 0.25) is 0 Å². The van der Waals surface area contributed by atoms with E-state index in [0.29, 0.717) is 35.3 Å². The molecule has 0 saturated heterocycles. The number of fused-ring (bicyclic) bond motifs is 3. The van der Waals surface area contributed by atoms with Crippen molar-refractivity contribution in [3.8, 4) is 22.8 Å².